The van der Waals surface area contributed by atoms with Gasteiger partial charge in [0.25, 0.3) is 5.91 Å². The number of halogens is 2. The topological polar surface area (TPSA) is 65.1 Å². The zero-order valence-electron chi connectivity index (χ0n) is 16.8. The fraction of sp³-hybridized carbons (Fsp3) is 0.0385. The lowest BCUT2D eigenvalue weighted by Gasteiger charge is -2.18. The Morgan fingerprint density at radius 3 is 2.38 bits per heavy atom. The predicted molar refractivity (Wildman–Crippen MR) is 129 cm³/mol. The number of benzene rings is 4. The highest BCUT2D eigenvalue weighted by Gasteiger charge is 2.29. The van der Waals surface area contributed by atoms with Crippen LogP contribution in [0, 0.1) is 0 Å². The third kappa shape index (κ3) is 3.53. The molecule has 0 radical (unpaired) electrons. The zero-order valence-corrected chi connectivity index (χ0v) is 18.3. The molecule has 0 saturated carbocycles. The van der Waals surface area contributed by atoms with Crippen LogP contribution >= 0.6 is 23.2 Å². The molecule has 32 heavy (non-hydrogen) atoms. The smallest absolute Gasteiger partial charge is 0.255 e. The summed E-state index contributed by atoms with van der Waals surface area (Å²) in [7, 11) is 0. The summed E-state index contributed by atoms with van der Waals surface area (Å²) in [4.78, 5) is 16.5. The molecule has 3 N–H and O–H groups in total. The van der Waals surface area contributed by atoms with Crippen LogP contribution in [0.2, 0.25) is 10.0 Å². The van der Waals surface area contributed by atoms with Crippen LogP contribution in [-0.4, -0.2) is 16.1 Å². The van der Waals surface area contributed by atoms with E-state index in [2.05, 4.69) is 29.2 Å². The van der Waals surface area contributed by atoms with Gasteiger partial charge < -0.3 is 4.98 Å². The lowest BCUT2D eigenvalue weighted by atomic mass is 9.86. The van der Waals surface area contributed by atoms with Crippen molar-refractivity contribution in [2.75, 3.05) is 0 Å². The van der Waals surface area contributed by atoms with Crippen LogP contribution in [0.3, 0.4) is 0 Å². The molecule has 1 unspecified atom stereocenters. The fourth-order valence-electron chi connectivity index (χ4n) is 4.24. The third-order valence-corrected chi connectivity index (χ3v) is 6.46. The number of aromatic amines is 1. The summed E-state index contributed by atoms with van der Waals surface area (Å²) in [5, 5.41) is 13.4. The molecule has 1 atom stereocenters. The second-order valence-electron chi connectivity index (χ2n) is 7.60. The van der Waals surface area contributed by atoms with Crippen LogP contribution in [0.5, 0.6) is 0 Å². The molecule has 6 heteroatoms. The SMILES string of the molecule is O=C(NO)C(c1ccc(Cl)c(Cl)c1)c1c(-c2ccc3ccccc3c2)[nH]c2ccccc12. The van der Waals surface area contributed by atoms with E-state index in [4.69, 9.17) is 23.2 Å². The van der Waals surface area contributed by atoms with E-state index in [0.717, 1.165) is 38.5 Å². The first-order valence-corrected chi connectivity index (χ1v) is 10.8. The second-order valence-corrected chi connectivity index (χ2v) is 8.42. The monoisotopic (exact) mass is 460 g/mol. The van der Waals surface area contributed by atoms with Crippen molar-refractivity contribution >= 4 is 50.8 Å². The number of carbonyl (C=O) groups excluding carboxylic acids is 1. The van der Waals surface area contributed by atoms with Crippen molar-refractivity contribution in [3.05, 3.63) is 106 Å². The van der Waals surface area contributed by atoms with E-state index in [1.807, 2.05) is 47.9 Å². The lowest BCUT2D eigenvalue weighted by molar-refractivity contribution is -0.129. The molecule has 0 saturated heterocycles. The molecule has 158 valence electrons. The third-order valence-electron chi connectivity index (χ3n) is 5.72. The van der Waals surface area contributed by atoms with E-state index in [9.17, 15) is 10.0 Å². The first-order valence-electron chi connectivity index (χ1n) is 10.1. The maximum absolute atomic E-state index is 13.0. The molecule has 0 aliphatic carbocycles. The van der Waals surface area contributed by atoms with Crippen LogP contribution in [0.4, 0.5) is 0 Å². The molecule has 5 aromatic rings. The van der Waals surface area contributed by atoms with Crippen molar-refractivity contribution in [1.29, 1.82) is 0 Å². The molecule has 1 amide bonds. The van der Waals surface area contributed by atoms with Gasteiger partial charge in [0, 0.05) is 16.5 Å². The number of hydrogen-bond donors (Lipinski definition) is 3. The molecule has 0 aliphatic heterocycles. The number of H-pyrrole nitrogens is 1. The number of para-hydroxylation sites is 1. The Kier molecular flexibility index (Phi) is 5.35. The minimum Gasteiger partial charge on any atom is -0.354 e. The van der Waals surface area contributed by atoms with Gasteiger partial charge >= 0.3 is 0 Å². The van der Waals surface area contributed by atoms with Crippen molar-refractivity contribution in [2.45, 2.75) is 5.92 Å². The average Bonchev–Trinajstić information content (AvgIpc) is 3.20. The summed E-state index contributed by atoms with van der Waals surface area (Å²) in [5.74, 6) is -1.37. The normalized spacial score (nSPS) is 12.2. The first kappa shape index (κ1) is 20.6. The van der Waals surface area contributed by atoms with Gasteiger partial charge in [0.05, 0.1) is 21.7 Å². The predicted octanol–water partition coefficient (Wildman–Crippen LogP) is 6.93. The molecule has 0 aliphatic rings. The molecule has 0 spiro atoms. The summed E-state index contributed by atoms with van der Waals surface area (Å²) in [6.45, 7) is 0. The van der Waals surface area contributed by atoms with Gasteiger partial charge in [-0.2, -0.15) is 0 Å². The Bertz CT molecular complexity index is 1480. The standard InChI is InChI=1S/C26H18Cl2N2O2/c27-20-12-11-17(14-21(20)28)23(26(31)30-32)24-19-7-3-4-8-22(19)29-25(24)18-10-9-15-5-1-2-6-16(15)13-18/h1-14,23,29,32H,(H,30,31). The van der Waals surface area contributed by atoms with Gasteiger partial charge in [0.2, 0.25) is 0 Å². The fourth-order valence-corrected chi connectivity index (χ4v) is 4.55. The van der Waals surface area contributed by atoms with Crippen molar-refractivity contribution in [2.24, 2.45) is 0 Å². The van der Waals surface area contributed by atoms with Crippen molar-refractivity contribution in [3.8, 4) is 11.3 Å². The summed E-state index contributed by atoms with van der Waals surface area (Å²) >= 11 is 12.4. The average molecular weight is 461 g/mol. The number of fused-ring (bicyclic) bond motifs is 2. The minimum absolute atomic E-state index is 0.340. The highest BCUT2D eigenvalue weighted by Crippen LogP contribution is 2.40. The lowest BCUT2D eigenvalue weighted by Crippen LogP contribution is -2.27. The maximum atomic E-state index is 13.0. The molecule has 1 aromatic heterocycles. The van der Waals surface area contributed by atoms with E-state index in [-0.39, 0.29) is 0 Å². The van der Waals surface area contributed by atoms with Crippen LogP contribution in [0.25, 0.3) is 32.9 Å². The van der Waals surface area contributed by atoms with Crippen LogP contribution in [-0.2, 0) is 4.79 Å². The van der Waals surface area contributed by atoms with Gasteiger partial charge in [0.1, 0.15) is 0 Å². The van der Waals surface area contributed by atoms with Gasteiger partial charge in [-0.15, -0.1) is 0 Å². The molecule has 4 aromatic carbocycles. The van der Waals surface area contributed by atoms with Crippen LogP contribution < -0.4 is 5.48 Å². The molecular formula is C26H18Cl2N2O2. The van der Waals surface area contributed by atoms with Gasteiger partial charge in [-0.1, -0.05) is 83.9 Å². The van der Waals surface area contributed by atoms with Crippen LogP contribution in [0.15, 0.2) is 84.9 Å². The molecule has 4 nitrogen and oxygen atoms in total. The molecule has 0 fully saturated rings. The number of rotatable bonds is 4. The number of carbonyl (C=O) groups is 1. The van der Waals surface area contributed by atoms with E-state index >= 15 is 0 Å². The van der Waals surface area contributed by atoms with Gasteiger partial charge in [0.15, 0.2) is 0 Å². The van der Waals surface area contributed by atoms with Crippen molar-refractivity contribution < 1.29 is 10.0 Å². The number of hydroxylamine groups is 1. The highest BCUT2D eigenvalue weighted by atomic mass is 35.5. The van der Waals surface area contributed by atoms with Gasteiger partial charge in [-0.25, -0.2) is 5.48 Å². The number of aromatic nitrogens is 1. The highest BCUT2D eigenvalue weighted by molar-refractivity contribution is 6.42. The van der Waals surface area contributed by atoms with E-state index in [1.54, 1.807) is 18.2 Å². The molecule has 5 rings (SSSR count). The Labute approximate surface area is 194 Å². The summed E-state index contributed by atoms with van der Waals surface area (Å²) in [6.07, 6.45) is 0. The number of nitrogens with one attached hydrogen (secondary N) is 2. The zero-order chi connectivity index (χ0) is 22.2. The molecule has 0 bridgehead atoms. The second kappa shape index (κ2) is 8.32. The Morgan fingerprint density at radius 1 is 0.844 bits per heavy atom. The van der Waals surface area contributed by atoms with Gasteiger partial charge in [-0.05, 0) is 46.2 Å². The van der Waals surface area contributed by atoms with Gasteiger partial charge in [-0.3, -0.25) is 10.0 Å². The van der Waals surface area contributed by atoms with Crippen molar-refractivity contribution in [3.63, 3.8) is 0 Å². The van der Waals surface area contributed by atoms with Crippen LogP contribution in [0.1, 0.15) is 17.0 Å². The van der Waals surface area contributed by atoms with E-state index in [1.165, 1.54) is 0 Å². The quantitative estimate of drug-likeness (QED) is 0.201. The molecular weight excluding hydrogens is 443 g/mol. The van der Waals surface area contributed by atoms with Crippen molar-refractivity contribution in [1.82, 2.24) is 10.5 Å². The largest absolute Gasteiger partial charge is 0.354 e. The summed E-state index contributed by atoms with van der Waals surface area (Å²) < 4.78 is 0. The summed E-state index contributed by atoms with van der Waals surface area (Å²) in [5.41, 5.74) is 5.83. The summed E-state index contributed by atoms with van der Waals surface area (Å²) in [6, 6.07) is 27.1. The number of amides is 1. The minimum atomic E-state index is -0.813. The van der Waals surface area contributed by atoms with E-state index < -0.39 is 11.8 Å². The number of hydrogen-bond acceptors (Lipinski definition) is 2. The Morgan fingerprint density at radius 2 is 1.59 bits per heavy atom. The maximum Gasteiger partial charge on any atom is 0.255 e. The van der Waals surface area contributed by atoms with E-state index in [0.29, 0.717) is 15.6 Å². The Hall–Kier alpha value is -3.31. The Balaban J connectivity index is 1.80. The first-order chi connectivity index (χ1) is 15.6. The molecule has 1 heterocycles.